The molecule has 0 aliphatic carbocycles. The predicted octanol–water partition coefficient (Wildman–Crippen LogP) is 4.16. The first kappa shape index (κ1) is 14.5. The van der Waals surface area contributed by atoms with Crippen LogP contribution in [0.3, 0.4) is 0 Å². The van der Waals surface area contributed by atoms with Gasteiger partial charge in [0.25, 0.3) is 0 Å². The van der Waals surface area contributed by atoms with E-state index < -0.39 is 0 Å². The van der Waals surface area contributed by atoms with E-state index in [0.29, 0.717) is 5.88 Å². The summed E-state index contributed by atoms with van der Waals surface area (Å²) in [6.45, 7) is 7.72. The maximum absolute atomic E-state index is 5.87. The standard InChI is InChI=1S/C15H24ClN/c1-3-14(2)9-11-17(12-10-16)13-15-7-5-4-6-8-15/h4-8,14H,3,9-13H2,1-2H3. The highest BCUT2D eigenvalue weighted by molar-refractivity contribution is 6.18. The fourth-order valence-corrected chi connectivity index (χ4v) is 2.08. The Bertz CT molecular complexity index is 286. The van der Waals surface area contributed by atoms with E-state index in [-0.39, 0.29) is 0 Å². The van der Waals surface area contributed by atoms with E-state index in [0.717, 1.165) is 25.6 Å². The van der Waals surface area contributed by atoms with E-state index >= 15 is 0 Å². The van der Waals surface area contributed by atoms with Crippen LogP contribution in [0.2, 0.25) is 0 Å². The van der Waals surface area contributed by atoms with Crippen LogP contribution in [0.1, 0.15) is 32.3 Å². The monoisotopic (exact) mass is 253 g/mol. The van der Waals surface area contributed by atoms with Gasteiger partial charge < -0.3 is 0 Å². The molecule has 0 saturated heterocycles. The van der Waals surface area contributed by atoms with Crippen LogP contribution >= 0.6 is 11.6 Å². The summed E-state index contributed by atoms with van der Waals surface area (Å²) in [4.78, 5) is 2.45. The predicted molar refractivity (Wildman–Crippen MR) is 76.5 cm³/mol. The molecule has 0 aliphatic rings. The number of alkyl halides is 1. The average Bonchev–Trinajstić information content (AvgIpc) is 2.37. The van der Waals surface area contributed by atoms with E-state index in [4.69, 9.17) is 11.6 Å². The van der Waals surface area contributed by atoms with Gasteiger partial charge >= 0.3 is 0 Å². The third kappa shape index (κ3) is 6.09. The van der Waals surface area contributed by atoms with Gasteiger partial charge in [0, 0.05) is 19.0 Å². The number of halogens is 1. The minimum atomic E-state index is 0.716. The molecular weight excluding hydrogens is 230 g/mol. The summed E-state index contributed by atoms with van der Waals surface area (Å²) < 4.78 is 0. The van der Waals surface area contributed by atoms with E-state index in [1.165, 1.54) is 18.4 Å². The summed E-state index contributed by atoms with van der Waals surface area (Å²) in [5, 5.41) is 0. The van der Waals surface area contributed by atoms with Crippen molar-refractivity contribution in [2.75, 3.05) is 19.0 Å². The lowest BCUT2D eigenvalue weighted by Crippen LogP contribution is -2.27. The molecule has 1 unspecified atom stereocenters. The van der Waals surface area contributed by atoms with Gasteiger partial charge in [-0.3, -0.25) is 4.90 Å². The molecule has 0 heterocycles. The van der Waals surface area contributed by atoms with E-state index in [1.807, 2.05) is 0 Å². The van der Waals surface area contributed by atoms with Crippen molar-refractivity contribution in [2.45, 2.75) is 33.2 Å². The Labute approximate surface area is 111 Å². The van der Waals surface area contributed by atoms with Crippen molar-refractivity contribution in [1.29, 1.82) is 0 Å². The summed E-state index contributed by atoms with van der Waals surface area (Å²) in [6, 6.07) is 10.6. The minimum absolute atomic E-state index is 0.716. The molecule has 0 N–H and O–H groups in total. The van der Waals surface area contributed by atoms with Gasteiger partial charge in [0.15, 0.2) is 0 Å². The van der Waals surface area contributed by atoms with Crippen LogP contribution in [-0.4, -0.2) is 23.9 Å². The lowest BCUT2D eigenvalue weighted by molar-refractivity contribution is 0.259. The van der Waals surface area contributed by atoms with Gasteiger partial charge in [-0.1, -0.05) is 50.6 Å². The Morgan fingerprint density at radius 1 is 1.18 bits per heavy atom. The minimum Gasteiger partial charge on any atom is -0.298 e. The van der Waals surface area contributed by atoms with Crippen LogP contribution < -0.4 is 0 Å². The zero-order chi connectivity index (χ0) is 12.5. The maximum atomic E-state index is 5.87. The Morgan fingerprint density at radius 3 is 2.47 bits per heavy atom. The van der Waals surface area contributed by atoms with Gasteiger partial charge in [-0.15, -0.1) is 11.6 Å². The molecule has 0 aliphatic heterocycles. The van der Waals surface area contributed by atoms with Crippen molar-refractivity contribution in [3.63, 3.8) is 0 Å². The second kappa shape index (κ2) is 8.54. The van der Waals surface area contributed by atoms with Crippen LogP contribution in [0.4, 0.5) is 0 Å². The van der Waals surface area contributed by atoms with Crippen LogP contribution in [0, 0.1) is 5.92 Å². The molecule has 17 heavy (non-hydrogen) atoms. The van der Waals surface area contributed by atoms with Crippen LogP contribution in [0.5, 0.6) is 0 Å². The molecular formula is C15H24ClN. The third-order valence-corrected chi connectivity index (χ3v) is 3.45. The molecule has 96 valence electrons. The molecule has 0 saturated carbocycles. The fraction of sp³-hybridized carbons (Fsp3) is 0.600. The lowest BCUT2D eigenvalue weighted by Gasteiger charge is -2.22. The van der Waals surface area contributed by atoms with E-state index in [2.05, 4.69) is 49.1 Å². The van der Waals surface area contributed by atoms with Crippen molar-refractivity contribution < 1.29 is 0 Å². The van der Waals surface area contributed by atoms with Gasteiger partial charge in [-0.25, -0.2) is 0 Å². The summed E-state index contributed by atoms with van der Waals surface area (Å²) in [5.74, 6) is 1.52. The molecule has 1 aromatic rings. The fourth-order valence-electron chi connectivity index (χ4n) is 1.84. The van der Waals surface area contributed by atoms with Gasteiger partial charge in [0.1, 0.15) is 0 Å². The molecule has 1 aromatic carbocycles. The third-order valence-electron chi connectivity index (χ3n) is 3.28. The Hall–Kier alpha value is -0.530. The molecule has 1 rings (SSSR count). The van der Waals surface area contributed by atoms with Crippen LogP contribution in [0.15, 0.2) is 30.3 Å². The highest BCUT2D eigenvalue weighted by atomic mass is 35.5. The van der Waals surface area contributed by atoms with Crippen LogP contribution in [0.25, 0.3) is 0 Å². The number of benzene rings is 1. The second-order valence-corrected chi connectivity index (χ2v) is 5.13. The molecule has 1 atom stereocenters. The molecule has 0 aromatic heterocycles. The first-order chi connectivity index (χ1) is 8.26. The molecule has 0 fully saturated rings. The Morgan fingerprint density at radius 2 is 1.88 bits per heavy atom. The van der Waals surface area contributed by atoms with Gasteiger partial charge in [-0.05, 0) is 24.4 Å². The van der Waals surface area contributed by atoms with Crippen LogP contribution in [-0.2, 0) is 6.54 Å². The highest BCUT2D eigenvalue weighted by Gasteiger charge is 2.07. The highest BCUT2D eigenvalue weighted by Crippen LogP contribution is 2.10. The molecule has 0 spiro atoms. The second-order valence-electron chi connectivity index (χ2n) is 4.75. The summed E-state index contributed by atoms with van der Waals surface area (Å²) in [7, 11) is 0. The summed E-state index contributed by atoms with van der Waals surface area (Å²) in [5.41, 5.74) is 1.38. The van der Waals surface area contributed by atoms with Crippen molar-refractivity contribution in [3.8, 4) is 0 Å². The number of rotatable bonds is 8. The van der Waals surface area contributed by atoms with Gasteiger partial charge in [-0.2, -0.15) is 0 Å². The lowest BCUT2D eigenvalue weighted by atomic mass is 10.0. The first-order valence-electron chi connectivity index (χ1n) is 6.58. The van der Waals surface area contributed by atoms with Crippen molar-refractivity contribution in [2.24, 2.45) is 5.92 Å². The molecule has 0 radical (unpaired) electrons. The number of nitrogens with zero attached hydrogens (tertiary/aromatic N) is 1. The summed E-state index contributed by atoms with van der Waals surface area (Å²) in [6.07, 6.45) is 2.53. The number of hydrogen-bond acceptors (Lipinski definition) is 1. The quantitative estimate of drug-likeness (QED) is 0.629. The normalized spacial score (nSPS) is 12.9. The Kier molecular flexibility index (Phi) is 7.30. The zero-order valence-corrected chi connectivity index (χ0v) is 11.8. The molecule has 2 heteroatoms. The smallest absolute Gasteiger partial charge is 0.0351 e. The maximum Gasteiger partial charge on any atom is 0.0351 e. The van der Waals surface area contributed by atoms with Gasteiger partial charge in [0.2, 0.25) is 0 Å². The van der Waals surface area contributed by atoms with Crippen molar-refractivity contribution >= 4 is 11.6 Å². The molecule has 0 bridgehead atoms. The Balaban J connectivity index is 2.43. The first-order valence-corrected chi connectivity index (χ1v) is 7.12. The van der Waals surface area contributed by atoms with Gasteiger partial charge in [0.05, 0.1) is 0 Å². The molecule has 0 amide bonds. The zero-order valence-electron chi connectivity index (χ0n) is 11.0. The van der Waals surface area contributed by atoms with E-state index in [1.54, 1.807) is 0 Å². The average molecular weight is 254 g/mol. The van der Waals surface area contributed by atoms with Crippen molar-refractivity contribution in [1.82, 2.24) is 4.90 Å². The topological polar surface area (TPSA) is 3.24 Å². The van der Waals surface area contributed by atoms with E-state index in [9.17, 15) is 0 Å². The molecule has 1 nitrogen and oxygen atoms in total. The SMILES string of the molecule is CCC(C)CCN(CCCl)Cc1ccccc1. The van der Waals surface area contributed by atoms with Crippen molar-refractivity contribution in [3.05, 3.63) is 35.9 Å². The summed E-state index contributed by atoms with van der Waals surface area (Å²) >= 11 is 5.87. The largest absolute Gasteiger partial charge is 0.298 e. The number of hydrogen-bond donors (Lipinski definition) is 0.